The number of carbonyl (C=O) groups excluding carboxylic acids is 2. The van der Waals surface area contributed by atoms with Gasteiger partial charge in [0.15, 0.2) is 0 Å². The number of hydrogen-bond acceptors (Lipinski definition) is 3. The van der Waals surface area contributed by atoms with Gasteiger partial charge in [0.25, 0.3) is 0 Å². The molecule has 24 heavy (non-hydrogen) atoms. The summed E-state index contributed by atoms with van der Waals surface area (Å²) in [7, 11) is 0. The number of carbonyl (C=O) groups is 2. The summed E-state index contributed by atoms with van der Waals surface area (Å²) in [5.74, 6) is 1.17. The first-order chi connectivity index (χ1) is 11.7. The molecule has 0 radical (unpaired) electrons. The molecule has 0 atom stereocenters. The van der Waals surface area contributed by atoms with Crippen LogP contribution in [0.15, 0.2) is 48.5 Å². The molecule has 4 nitrogen and oxygen atoms in total. The third-order valence-electron chi connectivity index (χ3n) is 4.55. The maximum absolute atomic E-state index is 12.8. The molecule has 4 rings (SSSR count). The van der Waals surface area contributed by atoms with Gasteiger partial charge in [-0.3, -0.25) is 9.59 Å². The molecule has 1 saturated heterocycles. The molecule has 2 heterocycles. The minimum absolute atomic E-state index is 0.0114. The molecule has 0 spiro atoms. The minimum atomic E-state index is 0.0114. The van der Waals surface area contributed by atoms with Crippen molar-refractivity contribution in [1.82, 2.24) is 9.80 Å². The van der Waals surface area contributed by atoms with Crippen LogP contribution in [0.4, 0.5) is 0 Å². The Morgan fingerprint density at radius 3 is 2.08 bits per heavy atom. The van der Waals surface area contributed by atoms with Crippen LogP contribution in [-0.2, 0) is 22.7 Å². The highest BCUT2D eigenvalue weighted by atomic mass is 32.2. The molecule has 0 aliphatic carbocycles. The summed E-state index contributed by atoms with van der Waals surface area (Å²) < 4.78 is 0. The van der Waals surface area contributed by atoms with Crippen molar-refractivity contribution in [2.45, 2.75) is 13.1 Å². The van der Waals surface area contributed by atoms with Gasteiger partial charge in [-0.05, 0) is 22.3 Å². The summed E-state index contributed by atoms with van der Waals surface area (Å²) in [6.45, 7) is 1.34. The summed E-state index contributed by atoms with van der Waals surface area (Å²) in [5, 5.41) is 0. The molecule has 0 unspecified atom stereocenters. The Hall–Kier alpha value is -2.27. The molecule has 0 bridgehead atoms. The lowest BCUT2D eigenvalue weighted by atomic mass is 9.97. The van der Waals surface area contributed by atoms with E-state index in [4.69, 9.17) is 0 Å². The lowest BCUT2D eigenvalue weighted by Crippen LogP contribution is -2.40. The number of hydrogen-bond donors (Lipinski definition) is 0. The minimum Gasteiger partial charge on any atom is -0.332 e. The van der Waals surface area contributed by atoms with Gasteiger partial charge in [-0.2, -0.15) is 0 Å². The summed E-state index contributed by atoms with van der Waals surface area (Å²) in [4.78, 5) is 28.1. The molecule has 0 aromatic heterocycles. The van der Waals surface area contributed by atoms with Crippen molar-refractivity contribution in [3.63, 3.8) is 0 Å². The van der Waals surface area contributed by atoms with Crippen LogP contribution < -0.4 is 0 Å². The fraction of sp³-hybridized carbons (Fsp3) is 0.263. The van der Waals surface area contributed by atoms with Crippen LogP contribution in [0.25, 0.3) is 11.1 Å². The van der Waals surface area contributed by atoms with Gasteiger partial charge >= 0.3 is 0 Å². The average molecular weight is 338 g/mol. The van der Waals surface area contributed by atoms with Gasteiger partial charge < -0.3 is 9.80 Å². The van der Waals surface area contributed by atoms with Crippen LogP contribution in [-0.4, -0.2) is 39.8 Å². The fourth-order valence-corrected chi connectivity index (χ4v) is 4.19. The highest BCUT2D eigenvalue weighted by Crippen LogP contribution is 2.32. The van der Waals surface area contributed by atoms with Crippen molar-refractivity contribution >= 4 is 23.6 Å². The summed E-state index contributed by atoms with van der Waals surface area (Å²) in [5.41, 5.74) is 4.68. The standard InChI is InChI=1S/C19H18N2O2S/c22-18(11-21-13-24-12-19(21)23)20-9-14-5-1-3-7-16(14)17-8-4-2-6-15(17)10-20/h1-8H,9-13H2. The van der Waals surface area contributed by atoms with Gasteiger partial charge in [-0.15, -0.1) is 11.8 Å². The van der Waals surface area contributed by atoms with Gasteiger partial charge in [0.2, 0.25) is 11.8 Å². The van der Waals surface area contributed by atoms with Crippen molar-refractivity contribution < 1.29 is 9.59 Å². The second-order valence-corrected chi connectivity index (χ2v) is 7.09. The Balaban J connectivity index is 1.64. The van der Waals surface area contributed by atoms with Crippen molar-refractivity contribution in [2.24, 2.45) is 0 Å². The monoisotopic (exact) mass is 338 g/mol. The van der Waals surface area contributed by atoms with Crippen LogP contribution in [0.2, 0.25) is 0 Å². The van der Waals surface area contributed by atoms with E-state index in [-0.39, 0.29) is 18.4 Å². The molecule has 2 amide bonds. The summed E-state index contributed by atoms with van der Waals surface area (Å²) in [6.07, 6.45) is 0. The molecule has 0 N–H and O–H groups in total. The van der Waals surface area contributed by atoms with Crippen LogP contribution >= 0.6 is 11.8 Å². The lowest BCUT2D eigenvalue weighted by Gasteiger charge is -2.24. The van der Waals surface area contributed by atoms with Crippen LogP contribution in [0, 0.1) is 0 Å². The highest BCUT2D eigenvalue weighted by Gasteiger charge is 2.27. The lowest BCUT2D eigenvalue weighted by molar-refractivity contribution is -0.138. The molecule has 2 aromatic carbocycles. The van der Waals surface area contributed by atoms with Crippen LogP contribution in [0.1, 0.15) is 11.1 Å². The Bertz CT molecular complexity index is 758. The topological polar surface area (TPSA) is 40.6 Å². The van der Waals surface area contributed by atoms with Gasteiger partial charge in [0.05, 0.1) is 11.6 Å². The first kappa shape index (κ1) is 15.3. The number of nitrogens with zero attached hydrogens (tertiary/aromatic N) is 2. The maximum Gasteiger partial charge on any atom is 0.242 e. The molecule has 2 aliphatic heterocycles. The first-order valence-corrected chi connectivity index (χ1v) is 9.17. The van der Waals surface area contributed by atoms with E-state index in [0.717, 1.165) is 11.1 Å². The zero-order chi connectivity index (χ0) is 16.5. The highest BCUT2D eigenvalue weighted by molar-refractivity contribution is 8.00. The predicted octanol–water partition coefficient (Wildman–Crippen LogP) is 2.73. The Morgan fingerprint density at radius 2 is 1.54 bits per heavy atom. The second kappa shape index (κ2) is 6.32. The van der Waals surface area contributed by atoms with Gasteiger partial charge in [0, 0.05) is 13.1 Å². The van der Waals surface area contributed by atoms with Crippen molar-refractivity contribution in [2.75, 3.05) is 18.2 Å². The van der Waals surface area contributed by atoms with Crippen LogP contribution in [0.5, 0.6) is 0 Å². The van der Waals surface area contributed by atoms with E-state index in [0.29, 0.717) is 24.7 Å². The van der Waals surface area contributed by atoms with Crippen LogP contribution in [0.3, 0.4) is 0 Å². The zero-order valence-corrected chi connectivity index (χ0v) is 14.1. The first-order valence-electron chi connectivity index (χ1n) is 8.02. The van der Waals surface area contributed by atoms with E-state index in [1.807, 2.05) is 29.2 Å². The zero-order valence-electron chi connectivity index (χ0n) is 13.3. The smallest absolute Gasteiger partial charge is 0.242 e. The predicted molar refractivity (Wildman–Crippen MR) is 95.2 cm³/mol. The number of thioether (sulfide) groups is 1. The van der Waals surface area contributed by atoms with E-state index in [1.165, 1.54) is 11.1 Å². The summed E-state index contributed by atoms with van der Waals surface area (Å²) >= 11 is 1.57. The van der Waals surface area contributed by atoms with E-state index < -0.39 is 0 Å². The molecular formula is C19H18N2O2S. The number of fused-ring (bicyclic) bond motifs is 3. The Labute approximate surface area is 145 Å². The largest absolute Gasteiger partial charge is 0.332 e. The molecular weight excluding hydrogens is 320 g/mol. The Morgan fingerprint density at radius 1 is 0.958 bits per heavy atom. The van der Waals surface area contributed by atoms with Crippen molar-refractivity contribution in [3.05, 3.63) is 59.7 Å². The van der Waals surface area contributed by atoms with Crippen molar-refractivity contribution in [1.29, 1.82) is 0 Å². The molecule has 5 heteroatoms. The van der Waals surface area contributed by atoms with E-state index >= 15 is 0 Å². The second-order valence-electron chi connectivity index (χ2n) is 6.13. The molecule has 1 fully saturated rings. The van der Waals surface area contributed by atoms with Gasteiger partial charge in [0.1, 0.15) is 6.54 Å². The SMILES string of the molecule is O=C1CSCN1CC(=O)N1Cc2ccccc2-c2ccccc2C1. The quantitative estimate of drug-likeness (QED) is 0.845. The Kier molecular flexibility index (Phi) is 4.02. The number of benzene rings is 2. The average Bonchev–Trinajstić information content (AvgIpc) is 2.92. The number of rotatable bonds is 2. The maximum atomic E-state index is 12.8. The van der Waals surface area contributed by atoms with E-state index in [9.17, 15) is 9.59 Å². The van der Waals surface area contributed by atoms with Gasteiger partial charge in [-0.1, -0.05) is 48.5 Å². The molecule has 2 aliphatic rings. The van der Waals surface area contributed by atoms with E-state index in [1.54, 1.807) is 16.7 Å². The molecule has 0 saturated carbocycles. The molecule has 122 valence electrons. The normalized spacial score (nSPS) is 16.6. The van der Waals surface area contributed by atoms with E-state index in [2.05, 4.69) is 24.3 Å². The fourth-order valence-electron chi connectivity index (χ4n) is 3.29. The summed E-state index contributed by atoms with van der Waals surface area (Å²) in [6, 6.07) is 16.5. The van der Waals surface area contributed by atoms with Gasteiger partial charge in [-0.25, -0.2) is 0 Å². The number of amides is 2. The third kappa shape index (κ3) is 2.80. The van der Waals surface area contributed by atoms with Crippen molar-refractivity contribution in [3.8, 4) is 11.1 Å². The molecule has 2 aromatic rings. The third-order valence-corrected chi connectivity index (χ3v) is 5.50.